The number of nitrogens with zero attached hydrogens (tertiary/aromatic N) is 2. The molecule has 11 aromatic rings. The Morgan fingerprint density at radius 2 is 0.945 bits per heavy atom. The number of hydrogen-bond donors (Lipinski definition) is 0. The van der Waals surface area contributed by atoms with Crippen molar-refractivity contribution < 1.29 is 4.42 Å². The number of aromatic nitrogens is 1. The molecule has 55 heavy (non-hydrogen) atoms. The summed E-state index contributed by atoms with van der Waals surface area (Å²) in [5.74, 6) is 0. The van der Waals surface area contributed by atoms with Crippen molar-refractivity contribution in [1.82, 2.24) is 4.57 Å². The molecule has 2 heterocycles. The Hall–Kier alpha value is -7.36. The Morgan fingerprint density at radius 3 is 1.78 bits per heavy atom. The molecule has 0 N–H and O–H groups in total. The number of anilines is 3. The fourth-order valence-electron chi connectivity index (χ4n) is 8.57. The van der Waals surface area contributed by atoms with Crippen LogP contribution in [0.25, 0.3) is 82.5 Å². The SMILES string of the molecule is c1cc(-c2ccccc2-n2c3ccccc3c3ccccc32)cc(N(c2ccccc2-c2cccc3c2oc2ccccc23)c2cccc3ccccc23)c1. The average Bonchev–Trinajstić information content (AvgIpc) is 3.80. The molecule has 0 atom stereocenters. The van der Waals surface area contributed by atoms with Crippen molar-refractivity contribution >= 4 is 71.6 Å². The third-order valence-electron chi connectivity index (χ3n) is 11.0. The van der Waals surface area contributed by atoms with Gasteiger partial charge in [0.25, 0.3) is 0 Å². The zero-order valence-electron chi connectivity index (χ0n) is 29.9. The Bertz CT molecular complexity index is 3180. The van der Waals surface area contributed by atoms with Crippen molar-refractivity contribution in [2.24, 2.45) is 0 Å². The number of rotatable bonds is 6. The maximum Gasteiger partial charge on any atom is 0.143 e. The van der Waals surface area contributed by atoms with Gasteiger partial charge in [0.05, 0.1) is 28.1 Å². The van der Waals surface area contributed by atoms with E-state index in [0.29, 0.717) is 0 Å². The van der Waals surface area contributed by atoms with Crippen molar-refractivity contribution in [3.8, 4) is 27.9 Å². The van der Waals surface area contributed by atoms with E-state index in [9.17, 15) is 0 Å². The minimum atomic E-state index is 0.892. The summed E-state index contributed by atoms with van der Waals surface area (Å²) in [6.07, 6.45) is 0. The van der Waals surface area contributed by atoms with E-state index in [0.717, 1.165) is 66.9 Å². The van der Waals surface area contributed by atoms with Gasteiger partial charge in [-0.3, -0.25) is 0 Å². The average molecular weight is 703 g/mol. The summed E-state index contributed by atoms with van der Waals surface area (Å²) in [6, 6.07) is 73.9. The number of hydrogen-bond acceptors (Lipinski definition) is 2. The van der Waals surface area contributed by atoms with E-state index in [1.807, 2.05) is 6.07 Å². The molecule has 0 fully saturated rings. The standard InChI is InChI=1S/C52H34N2O/c1-2-20-38-35(16-1)17-14-32-46(38)53(48-29-9-6-24-42(48)44-26-15-27-45-43-25-7-12-33-51(43)55-52(44)45)37-19-13-18-36(34-37)39-21-3-8-28-47(39)54-49-30-10-4-22-40(49)41-23-5-11-31-50(41)54/h1-34H. The lowest BCUT2D eigenvalue weighted by molar-refractivity contribution is 0.670. The van der Waals surface area contributed by atoms with E-state index in [2.05, 4.69) is 210 Å². The Balaban J connectivity index is 1.15. The lowest BCUT2D eigenvalue weighted by Gasteiger charge is -2.29. The Morgan fingerprint density at radius 1 is 0.382 bits per heavy atom. The van der Waals surface area contributed by atoms with E-state index in [4.69, 9.17) is 4.42 Å². The number of furan rings is 1. The highest BCUT2D eigenvalue weighted by atomic mass is 16.3. The minimum absolute atomic E-state index is 0.892. The predicted molar refractivity (Wildman–Crippen MR) is 231 cm³/mol. The Kier molecular flexibility index (Phi) is 7.17. The topological polar surface area (TPSA) is 21.3 Å². The summed E-state index contributed by atoms with van der Waals surface area (Å²) in [5.41, 5.74) is 13.0. The van der Waals surface area contributed by atoms with E-state index in [1.165, 1.54) is 32.6 Å². The molecule has 2 aromatic heterocycles. The molecule has 0 aliphatic rings. The second-order valence-electron chi connectivity index (χ2n) is 14.1. The van der Waals surface area contributed by atoms with E-state index >= 15 is 0 Å². The van der Waals surface area contributed by atoms with Crippen molar-refractivity contribution in [3.05, 3.63) is 206 Å². The van der Waals surface area contributed by atoms with Gasteiger partial charge in [-0.1, -0.05) is 158 Å². The van der Waals surface area contributed by atoms with Crippen LogP contribution in [0.15, 0.2) is 211 Å². The number of benzene rings is 9. The van der Waals surface area contributed by atoms with Crippen LogP contribution in [-0.4, -0.2) is 4.57 Å². The molecule has 0 unspecified atom stereocenters. The fraction of sp³-hybridized carbons (Fsp3) is 0. The summed E-state index contributed by atoms with van der Waals surface area (Å²) in [4.78, 5) is 2.42. The molecular formula is C52H34N2O. The lowest BCUT2D eigenvalue weighted by Crippen LogP contribution is -2.12. The first kappa shape index (κ1) is 31.2. The third-order valence-corrected chi connectivity index (χ3v) is 11.0. The molecule has 3 nitrogen and oxygen atoms in total. The van der Waals surface area contributed by atoms with E-state index in [1.54, 1.807) is 0 Å². The minimum Gasteiger partial charge on any atom is -0.455 e. The van der Waals surface area contributed by atoms with Gasteiger partial charge >= 0.3 is 0 Å². The molecule has 0 aliphatic heterocycles. The molecule has 0 amide bonds. The van der Waals surface area contributed by atoms with Crippen molar-refractivity contribution in [2.45, 2.75) is 0 Å². The van der Waals surface area contributed by atoms with Crippen LogP contribution in [0.2, 0.25) is 0 Å². The van der Waals surface area contributed by atoms with Crippen LogP contribution in [0.5, 0.6) is 0 Å². The quantitative estimate of drug-likeness (QED) is 0.172. The zero-order chi connectivity index (χ0) is 36.3. The molecule has 258 valence electrons. The van der Waals surface area contributed by atoms with Crippen LogP contribution in [0.1, 0.15) is 0 Å². The van der Waals surface area contributed by atoms with Crippen LogP contribution in [0.4, 0.5) is 17.1 Å². The monoisotopic (exact) mass is 702 g/mol. The molecule has 9 aromatic carbocycles. The first-order chi connectivity index (χ1) is 27.3. The van der Waals surface area contributed by atoms with Gasteiger partial charge in [-0.2, -0.15) is 0 Å². The number of para-hydroxylation sites is 6. The van der Waals surface area contributed by atoms with E-state index < -0.39 is 0 Å². The maximum atomic E-state index is 6.62. The molecule has 11 rings (SSSR count). The highest BCUT2D eigenvalue weighted by Gasteiger charge is 2.23. The van der Waals surface area contributed by atoms with Gasteiger partial charge in [0.15, 0.2) is 0 Å². The zero-order valence-corrected chi connectivity index (χ0v) is 29.9. The summed E-state index contributed by atoms with van der Waals surface area (Å²) in [7, 11) is 0. The molecule has 0 saturated heterocycles. The summed E-state index contributed by atoms with van der Waals surface area (Å²) in [5, 5.41) is 7.10. The Labute approximate surface area is 318 Å². The highest BCUT2D eigenvalue weighted by Crippen LogP contribution is 2.47. The van der Waals surface area contributed by atoms with Crippen LogP contribution in [0, 0.1) is 0 Å². The van der Waals surface area contributed by atoms with E-state index in [-0.39, 0.29) is 0 Å². The first-order valence-corrected chi connectivity index (χ1v) is 18.8. The van der Waals surface area contributed by atoms with Gasteiger partial charge in [0.1, 0.15) is 11.2 Å². The van der Waals surface area contributed by atoms with Crippen molar-refractivity contribution in [1.29, 1.82) is 0 Å². The summed E-state index contributed by atoms with van der Waals surface area (Å²) >= 11 is 0. The van der Waals surface area contributed by atoms with Gasteiger partial charge < -0.3 is 13.9 Å². The third kappa shape index (κ3) is 4.98. The second-order valence-corrected chi connectivity index (χ2v) is 14.1. The largest absolute Gasteiger partial charge is 0.455 e. The maximum absolute atomic E-state index is 6.62. The van der Waals surface area contributed by atoms with Crippen LogP contribution < -0.4 is 4.90 Å². The molecule has 3 heteroatoms. The van der Waals surface area contributed by atoms with Crippen molar-refractivity contribution in [2.75, 3.05) is 4.90 Å². The van der Waals surface area contributed by atoms with Gasteiger partial charge in [0.2, 0.25) is 0 Å². The fourth-order valence-corrected chi connectivity index (χ4v) is 8.57. The second kappa shape index (κ2) is 12.6. The lowest BCUT2D eigenvalue weighted by atomic mass is 9.97. The van der Waals surface area contributed by atoms with Crippen LogP contribution >= 0.6 is 0 Å². The van der Waals surface area contributed by atoms with Crippen LogP contribution in [0.3, 0.4) is 0 Å². The van der Waals surface area contributed by atoms with Gasteiger partial charge in [0, 0.05) is 49.3 Å². The van der Waals surface area contributed by atoms with Crippen molar-refractivity contribution in [3.63, 3.8) is 0 Å². The van der Waals surface area contributed by atoms with Crippen LogP contribution in [-0.2, 0) is 0 Å². The van der Waals surface area contributed by atoms with Gasteiger partial charge in [-0.05, 0) is 59.5 Å². The molecule has 0 aliphatic carbocycles. The van der Waals surface area contributed by atoms with Gasteiger partial charge in [-0.15, -0.1) is 0 Å². The highest BCUT2D eigenvalue weighted by molar-refractivity contribution is 6.12. The molecular weight excluding hydrogens is 669 g/mol. The number of fused-ring (bicyclic) bond motifs is 7. The normalized spacial score (nSPS) is 11.6. The molecule has 0 radical (unpaired) electrons. The smallest absolute Gasteiger partial charge is 0.143 e. The van der Waals surface area contributed by atoms with Gasteiger partial charge in [-0.25, -0.2) is 0 Å². The summed E-state index contributed by atoms with van der Waals surface area (Å²) < 4.78 is 9.04. The first-order valence-electron chi connectivity index (χ1n) is 18.8. The molecule has 0 bridgehead atoms. The predicted octanol–water partition coefficient (Wildman–Crippen LogP) is 14.6. The summed E-state index contributed by atoms with van der Waals surface area (Å²) in [6.45, 7) is 0. The molecule has 0 saturated carbocycles. The molecule has 0 spiro atoms.